The summed E-state index contributed by atoms with van der Waals surface area (Å²) >= 11 is 0. The Morgan fingerprint density at radius 3 is 2.17 bits per heavy atom. The Balaban J connectivity index is 0.525. The van der Waals surface area contributed by atoms with Crippen LogP contribution in [0.4, 0.5) is 28.5 Å². The number of unbranched alkanes of at least 4 members (excludes halogenated alkanes) is 1. The smallest absolute Gasteiger partial charge is 0.407 e. The molecule has 1 aromatic carbocycles. The molecule has 135 heavy (non-hydrogen) atoms. The molecule has 9 N–H and O–H groups in total. The number of hydrogen-bond acceptors (Lipinski definition) is 33. The number of rotatable bonds is 30. The first kappa shape index (κ1) is 103. The van der Waals surface area contributed by atoms with E-state index in [4.69, 9.17) is 58.9 Å². The number of piperidine rings is 1. The topological polar surface area (TPSA) is 493 Å². The Morgan fingerprint density at radius 2 is 1.44 bits per heavy atom. The predicted molar refractivity (Wildman–Crippen MR) is 500 cm³/mol. The fraction of sp³-hybridized carbons (Fsp3) is 0.615. The number of aliphatic hydroxyl groups is 2. The second-order valence-corrected chi connectivity index (χ2v) is 36.5. The Morgan fingerprint density at radius 1 is 0.711 bits per heavy atom. The van der Waals surface area contributed by atoms with E-state index in [1.54, 1.807) is 71.1 Å². The van der Waals surface area contributed by atoms with E-state index in [1.165, 1.54) is 30.7 Å². The van der Waals surface area contributed by atoms with Crippen molar-refractivity contribution in [2.45, 2.75) is 219 Å². The zero-order chi connectivity index (χ0) is 96.4. The number of hydrogen-bond donors (Lipinski definition) is 7. The van der Waals surface area contributed by atoms with Crippen LogP contribution in [0.3, 0.4) is 0 Å². The van der Waals surface area contributed by atoms with Gasteiger partial charge in [-0.3, -0.25) is 38.5 Å². The van der Waals surface area contributed by atoms with Crippen molar-refractivity contribution in [2.24, 2.45) is 35.5 Å². The number of fused-ring (bicyclic) bond motifs is 5. The number of cyclic esters (lactones) is 1. The van der Waals surface area contributed by atoms with Gasteiger partial charge in [0.15, 0.2) is 17.0 Å². The molecule has 6 aromatic rings. The number of Topliss-reactive ketones (excluding diaryl/α,β-unsaturated/α-hetero) is 3. The van der Waals surface area contributed by atoms with Crippen LogP contribution in [-0.4, -0.2) is 303 Å². The van der Waals surface area contributed by atoms with E-state index < -0.39 is 102 Å². The van der Waals surface area contributed by atoms with Gasteiger partial charge in [0.1, 0.15) is 59.6 Å². The summed E-state index contributed by atoms with van der Waals surface area (Å²) < 4.78 is 55.0. The number of carbonyl (C=O) groups excluding carboxylic acids is 9. The van der Waals surface area contributed by atoms with Gasteiger partial charge in [-0.25, -0.2) is 44.2 Å². The third kappa shape index (κ3) is 27.8. The minimum absolute atomic E-state index is 0.00170. The maximum atomic E-state index is 14.8. The molecule has 10 heterocycles. The number of oxazole rings is 1. The van der Waals surface area contributed by atoms with Gasteiger partial charge in [-0.15, -0.1) is 0 Å². The SMILES string of the molecule is CO[C@H]1C[C@@H]2CC[C@@H](C)[C@@](O)(O2)C(=O)C(=O)N2CCCC[C@H]2C(=O)O[C@H]([C@H](C)C[C@@H]2CC[C@@H](OC(=O)NCc3cnc(N4CCN(C(=O)CCOCCN5CCN(c6ncc(C(=O)NCCOCCC(=O)NCCCCn7nc(-c8ccc9oc(N)nc9c8)c8c(N)ncnc87)cn6)CC5)CC4)nc3)[C@H](OC)C2)CC(=O)[C@H](C)/C=C(\C)[C@@H](O)[C@@H](OC)C(=O)[C@H](C)C[C@H](C)/C=C/C=C/C=C/1C. The van der Waals surface area contributed by atoms with Gasteiger partial charge >= 0.3 is 12.1 Å². The fourth-order valence-electron chi connectivity index (χ4n) is 18.5. The molecule has 6 aliphatic rings. The average molecular weight is 1880 g/mol. The van der Waals surface area contributed by atoms with Crippen molar-refractivity contribution in [3.05, 3.63) is 108 Å². The van der Waals surface area contributed by atoms with Crippen LogP contribution in [0.2, 0.25) is 0 Å². The average Bonchev–Trinajstić information content (AvgIpc) is 1.63. The van der Waals surface area contributed by atoms with Gasteiger partial charge in [0.25, 0.3) is 23.6 Å². The van der Waals surface area contributed by atoms with Crippen LogP contribution in [0.5, 0.6) is 0 Å². The van der Waals surface area contributed by atoms with Crippen molar-refractivity contribution in [1.82, 2.24) is 75.3 Å². The highest BCUT2D eigenvalue weighted by atomic mass is 16.6. The molecule has 4 saturated heterocycles. The second kappa shape index (κ2) is 49.5. The lowest BCUT2D eigenvalue weighted by Gasteiger charge is -2.42. The van der Waals surface area contributed by atoms with Gasteiger partial charge in [-0.05, 0) is 138 Å². The number of nitrogen functional groups attached to an aromatic ring is 2. The van der Waals surface area contributed by atoms with Gasteiger partial charge in [-0.2, -0.15) is 10.1 Å². The fourth-order valence-corrected chi connectivity index (χ4v) is 18.5. The normalized spacial score (nSPS) is 27.0. The van der Waals surface area contributed by atoms with Crippen LogP contribution in [0, 0.1) is 35.5 Å². The molecule has 5 amide bonds. The summed E-state index contributed by atoms with van der Waals surface area (Å²) in [5.41, 5.74) is 17.3. The molecule has 0 unspecified atom stereocenters. The second-order valence-electron chi connectivity index (χ2n) is 36.5. The van der Waals surface area contributed by atoms with E-state index in [-0.39, 0.29) is 112 Å². The number of allylic oxidation sites excluding steroid dienone is 6. The predicted octanol–water partition coefficient (Wildman–Crippen LogP) is 7.42. The number of aliphatic hydroxyl groups excluding tert-OH is 1. The number of ketones is 3. The highest BCUT2D eigenvalue weighted by Gasteiger charge is 2.53. The van der Waals surface area contributed by atoms with Gasteiger partial charge < -0.3 is 99.5 Å². The molecule has 12 rings (SSSR count). The van der Waals surface area contributed by atoms with E-state index in [9.17, 15) is 53.4 Å². The van der Waals surface area contributed by atoms with Crippen molar-refractivity contribution >= 4 is 98.9 Å². The van der Waals surface area contributed by atoms with E-state index >= 15 is 0 Å². The lowest BCUT2D eigenvalue weighted by Crippen LogP contribution is -2.61. The molecule has 5 aliphatic heterocycles. The van der Waals surface area contributed by atoms with Crippen molar-refractivity contribution in [1.29, 1.82) is 0 Å². The highest BCUT2D eigenvalue weighted by Crippen LogP contribution is 2.40. The monoisotopic (exact) mass is 1870 g/mol. The van der Waals surface area contributed by atoms with Crippen LogP contribution < -0.4 is 37.2 Å². The molecular formula is C96H135N19O20. The number of nitrogens with two attached hydrogens (primary N) is 2. The molecule has 1 aliphatic carbocycles. The molecule has 1 saturated carbocycles. The molecule has 5 fully saturated rings. The summed E-state index contributed by atoms with van der Waals surface area (Å²) in [6.07, 6.45) is 18.5. The maximum absolute atomic E-state index is 14.8. The van der Waals surface area contributed by atoms with Crippen LogP contribution in [0.15, 0.2) is 101 Å². The van der Waals surface area contributed by atoms with Gasteiger partial charge in [-0.1, -0.05) is 71.1 Å². The number of alkyl carbamates (subject to hydrolysis) is 1. The number of esters is 1. The number of anilines is 4. The van der Waals surface area contributed by atoms with Crippen LogP contribution in [0.25, 0.3) is 33.4 Å². The number of amides is 5. The number of carbonyl (C=O) groups is 9. The van der Waals surface area contributed by atoms with Gasteiger partial charge in [0.05, 0.1) is 62.1 Å². The number of methoxy groups -OCH3 is 3. The Kier molecular flexibility index (Phi) is 37.7. The molecule has 0 radical (unpaired) electrons. The summed E-state index contributed by atoms with van der Waals surface area (Å²) in [7, 11) is 4.48. The molecule has 2 bridgehead atoms. The van der Waals surface area contributed by atoms with Gasteiger partial charge in [0, 0.05) is 186 Å². The zero-order valence-electron chi connectivity index (χ0n) is 79.4. The zero-order valence-corrected chi connectivity index (χ0v) is 79.4. The number of nitrogens with zero attached hydrogens (tertiary/aromatic N) is 14. The summed E-state index contributed by atoms with van der Waals surface area (Å²) in [6, 6.07) is 4.30. The quantitative estimate of drug-likeness (QED) is 0.00997. The standard InChI is InChI=1S/C96H135N19O20/c1-59-18-12-11-13-19-60(2)76(127-8)51-70-24-21-65(7)96(126,135-70)86(121)90(123)114-31-16-14-20-72(114)91(124)132-77(52-73(116)61(3)47-64(6)84(120)85(129-10)83(119)63(5)46-59)62(4)48-66-22-25-75(78(49-66)128-9)134-95(125)105-55-67-53-101-93(102-54-67)113-39-37-111(38-40-113)80(118)28-43-131-45-41-110-33-35-112(36-34-110)94-103-56-69(57-104-94)89(122)100-30-44-130-42-27-79(117)99-29-15-17-32-115-88-81(87(97)106-58-107-88)82(109-115)68-23-26-74-71(50-68)108-92(98)133-74/h11-13,18-19,23,26,47,50,53-54,56-59,61-63,65-66,70,72,75-78,84-85,120,126H,14-17,20-22,24-25,27-46,48-49,51-52,55H2,1-10H3,(H2,98,108)(H,99,117)(H,100,122)(H,105,125)(H2,97,106,107)/b13-11+,18-12+,60-19+,64-47+/t59-,61-,62-,63-,65-,66+,70+,72+,75-,76+,77+,78-,84-,85+,96-/m1/s1. The van der Waals surface area contributed by atoms with Crippen LogP contribution in [0.1, 0.15) is 167 Å². The van der Waals surface area contributed by atoms with Crippen molar-refractivity contribution < 1.29 is 95.7 Å². The molecule has 39 nitrogen and oxygen atoms in total. The number of benzene rings is 1. The number of aryl methyl sites for hydroxylation is 1. The molecule has 39 heteroatoms. The third-order valence-corrected chi connectivity index (χ3v) is 26.7. The van der Waals surface area contributed by atoms with Crippen molar-refractivity contribution in [2.75, 3.05) is 148 Å². The molecular weight excluding hydrogens is 1740 g/mol. The Hall–Kier alpha value is -11.2. The highest BCUT2D eigenvalue weighted by molar-refractivity contribution is 6.39. The minimum Gasteiger partial charge on any atom is -0.460 e. The minimum atomic E-state index is -2.49. The Bertz CT molecular complexity index is 5130. The number of piperazine rings is 2. The number of nitrogens with one attached hydrogen (secondary N) is 3. The number of ether oxygens (including phenoxy) is 8. The summed E-state index contributed by atoms with van der Waals surface area (Å²) in [5.74, 6) is -7.96. The maximum Gasteiger partial charge on any atom is 0.407 e. The molecule has 15 atom stereocenters. The summed E-state index contributed by atoms with van der Waals surface area (Å²) in [5, 5.41) is 37.9. The number of aromatic nitrogens is 9. The first-order valence-electron chi connectivity index (χ1n) is 47.4. The lowest BCUT2D eigenvalue weighted by molar-refractivity contribution is -0.265. The van der Waals surface area contributed by atoms with Crippen molar-refractivity contribution in [3.63, 3.8) is 0 Å². The summed E-state index contributed by atoms with van der Waals surface area (Å²) in [4.78, 5) is 165. The molecule has 0 spiro atoms. The van der Waals surface area contributed by atoms with E-state index in [0.717, 1.165) is 24.2 Å². The summed E-state index contributed by atoms with van der Waals surface area (Å²) in [6.45, 7) is 20.6. The first-order chi connectivity index (χ1) is 65.0. The van der Waals surface area contributed by atoms with Crippen molar-refractivity contribution in [3.8, 4) is 11.3 Å². The van der Waals surface area contributed by atoms with Gasteiger partial charge in [0.2, 0.25) is 29.5 Å². The largest absolute Gasteiger partial charge is 0.460 e. The third-order valence-electron chi connectivity index (χ3n) is 26.7. The molecule has 5 aromatic heterocycles. The van der Waals surface area contributed by atoms with Crippen LogP contribution in [-0.2, 0) is 84.5 Å². The molecule has 734 valence electrons. The van der Waals surface area contributed by atoms with E-state index in [0.29, 0.717) is 205 Å². The first-order valence-corrected chi connectivity index (χ1v) is 47.4. The Labute approximate surface area is 787 Å². The lowest BCUT2D eigenvalue weighted by atomic mass is 9.78. The van der Waals surface area contributed by atoms with E-state index in [2.05, 4.69) is 60.6 Å². The van der Waals surface area contributed by atoms with E-state index in [1.807, 2.05) is 73.1 Å². The van der Waals surface area contributed by atoms with Crippen LogP contribution >= 0.6 is 0 Å².